The van der Waals surface area contributed by atoms with E-state index in [-0.39, 0.29) is 11.5 Å². The lowest BCUT2D eigenvalue weighted by Crippen LogP contribution is -2.34. The Balaban J connectivity index is 1.96. The second-order valence-electron chi connectivity index (χ2n) is 4.10. The summed E-state index contributed by atoms with van der Waals surface area (Å²) in [6.45, 7) is 2.82. The number of rotatable bonds is 5. The van der Waals surface area contributed by atoms with Gasteiger partial charge in [-0.3, -0.25) is 0 Å². The maximum atomic E-state index is 5.92. The van der Waals surface area contributed by atoms with Crippen LogP contribution in [0.5, 0.6) is 11.5 Å². The van der Waals surface area contributed by atoms with Gasteiger partial charge in [-0.05, 0) is 18.6 Å². The Kier molecular flexibility index (Phi) is 3.94. The molecule has 1 aromatic rings. The van der Waals surface area contributed by atoms with E-state index in [1.54, 1.807) is 0 Å². The Bertz CT molecular complexity index is 334. The first-order valence-corrected chi connectivity index (χ1v) is 6.25. The van der Waals surface area contributed by atoms with Crippen molar-refractivity contribution in [1.82, 2.24) is 0 Å². The zero-order valence-electron chi connectivity index (χ0n) is 9.49. The summed E-state index contributed by atoms with van der Waals surface area (Å²) in [5.74, 6) is 1.67. The predicted octanol–water partition coefficient (Wildman–Crippen LogP) is 3.62. The zero-order valence-corrected chi connectivity index (χ0v) is 10.2. The standard InChI is InChI=1S/C13H17ClO2/c1-2-7-15-12-5-3-4-6-13(12)16-11-8-10(14)9-11/h3-6,10-11H,2,7-9H2,1H3. The first-order chi connectivity index (χ1) is 7.79. The van der Waals surface area contributed by atoms with E-state index in [0.717, 1.165) is 37.4 Å². The zero-order chi connectivity index (χ0) is 11.4. The number of para-hydroxylation sites is 2. The first kappa shape index (κ1) is 11.6. The van der Waals surface area contributed by atoms with Crippen molar-refractivity contribution in [3.8, 4) is 11.5 Å². The van der Waals surface area contributed by atoms with Gasteiger partial charge >= 0.3 is 0 Å². The molecule has 2 nitrogen and oxygen atoms in total. The Hall–Kier alpha value is -0.890. The van der Waals surface area contributed by atoms with Gasteiger partial charge in [-0.25, -0.2) is 0 Å². The molecule has 0 unspecified atom stereocenters. The van der Waals surface area contributed by atoms with Gasteiger partial charge in [0, 0.05) is 18.2 Å². The summed E-state index contributed by atoms with van der Waals surface area (Å²) in [7, 11) is 0. The molecular weight excluding hydrogens is 224 g/mol. The van der Waals surface area contributed by atoms with E-state index >= 15 is 0 Å². The third-order valence-corrected chi connectivity index (χ3v) is 3.00. The molecule has 1 aliphatic rings. The van der Waals surface area contributed by atoms with Crippen LogP contribution in [0.4, 0.5) is 0 Å². The number of alkyl halides is 1. The fourth-order valence-corrected chi connectivity index (χ4v) is 2.05. The molecule has 2 rings (SSSR count). The highest BCUT2D eigenvalue weighted by Crippen LogP contribution is 2.34. The minimum Gasteiger partial charge on any atom is -0.490 e. The lowest BCUT2D eigenvalue weighted by Gasteiger charge is -2.31. The van der Waals surface area contributed by atoms with Crippen LogP contribution in [-0.4, -0.2) is 18.1 Å². The van der Waals surface area contributed by atoms with E-state index in [2.05, 4.69) is 6.92 Å². The van der Waals surface area contributed by atoms with E-state index in [1.165, 1.54) is 0 Å². The van der Waals surface area contributed by atoms with Crippen LogP contribution in [0, 0.1) is 0 Å². The van der Waals surface area contributed by atoms with Gasteiger partial charge in [-0.15, -0.1) is 11.6 Å². The molecule has 0 aliphatic heterocycles. The van der Waals surface area contributed by atoms with Crippen LogP contribution in [0.2, 0.25) is 0 Å². The number of hydrogen-bond acceptors (Lipinski definition) is 2. The maximum Gasteiger partial charge on any atom is 0.161 e. The molecule has 0 N–H and O–H groups in total. The van der Waals surface area contributed by atoms with Crippen molar-refractivity contribution in [3.05, 3.63) is 24.3 Å². The van der Waals surface area contributed by atoms with Gasteiger partial charge in [0.2, 0.25) is 0 Å². The largest absolute Gasteiger partial charge is 0.490 e. The van der Waals surface area contributed by atoms with Gasteiger partial charge in [-0.1, -0.05) is 19.1 Å². The van der Waals surface area contributed by atoms with Crippen molar-refractivity contribution < 1.29 is 9.47 Å². The van der Waals surface area contributed by atoms with E-state index in [4.69, 9.17) is 21.1 Å². The van der Waals surface area contributed by atoms with E-state index in [9.17, 15) is 0 Å². The average Bonchev–Trinajstić information content (AvgIpc) is 2.26. The molecule has 1 aromatic carbocycles. The normalized spacial score (nSPS) is 23.6. The molecule has 0 radical (unpaired) electrons. The Morgan fingerprint density at radius 2 is 1.94 bits per heavy atom. The fraction of sp³-hybridized carbons (Fsp3) is 0.538. The summed E-state index contributed by atoms with van der Waals surface area (Å²) in [4.78, 5) is 0. The molecule has 1 saturated carbocycles. The third kappa shape index (κ3) is 2.82. The van der Waals surface area contributed by atoms with Crippen molar-refractivity contribution in [2.45, 2.75) is 37.7 Å². The second-order valence-corrected chi connectivity index (χ2v) is 4.72. The summed E-state index contributed by atoms with van der Waals surface area (Å²) >= 11 is 5.92. The van der Waals surface area contributed by atoms with Crippen molar-refractivity contribution in [3.63, 3.8) is 0 Å². The molecule has 1 aliphatic carbocycles. The van der Waals surface area contributed by atoms with Crippen LogP contribution in [0.25, 0.3) is 0 Å². The fourth-order valence-electron chi connectivity index (χ4n) is 1.66. The van der Waals surface area contributed by atoms with Gasteiger partial charge in [0.25, 0.3) is 0 Å². The van der Waals surface area contributed by atoms with Crippen LogP contribution < -0.4 is 9.47 Å². The number of benzene rings is 1. The molecule has 16 heavy (non-hydrogen) atoms. The molecule has 0 spiro atoms. The van der Waals surface area contributed by atoms with E-state index in [1.807, 2.05) is 24.3 Å². The molecule has 0 saturated heterocycles. The second kappa shape index (κ2) is 5.44. The topological polar surface area (TPSA) is 18.5 Å². The molecule has 0 amide bonds. The average molecular weight is 241 g/mol. The summed E-state index contributed by atoms with van der Waals surface area (Å²) < 4.78 is 11.5. The van der Waals surface area contributed by atoms with Crippen LogP contribution in [0.1, 0.15) is 26.2 Å². The lowest BCUT2D eigenvalue weighted by molar-refractivity contribution is 0.118. The summed E-state index contributed by atoms with van der Waals surface area (Å²) in [5.41, 5.74) is 0. The molecule has 0 aromatic heterocycles. The van der Waals surface area contributed by atoms with Gasteiger partial charge in [-0.2, -0.15) is 0 Å². The number of hydrogen-bond donors (Lipinski definition) is 0. The van der Waals surface area contributed by atoms with Gasteiger partial charge in [0.1, 0.15) is 6.10 Å². The monoisotopic (exact) mass is 240 g/mol. The van der Waals surface area contributed by atoms with Crippen LogP contribution >= 0.6 is 11.6 Å². The van der Waals surface area contributed by atoms with Gasteiger partial charge in [0.15, 0.2) is 11.5 Å². The summed E-state index contributed by atoms with van der Waals surface area (Å²) in [6.07, 6.45) is 3.13. The van der Waals surface area contributed by atoms with Gasteiger partial charge in [0.05, 0.1) is 6.61 Å². The van der Waals surface area contributed by atoms with Crippen molar-refractivity contribution >= 4 is 11.6 Å². The summed E-state index contributed by atoms with van der Waals surface area (Å²) in [5, 5.41) is 0.286. The Morgan fingerprint density at radius 3 is 2.56 bits per heavy atom. The quantitative estimate of drug-likeness (QED) is 0.732. The minimum absolute atomic E-state index is 0.258. The Morgan fingerprint density at radius 1 is 1.25 bits per heavy atom. The molecule has 3 heteroatoms. The summed E-state index contributed by atoms with van der Waals surface area (Å²) in [6, 6.07) is 7.82. The molecule has 0 bridgehead atoms. The highest BCUT2D eigenvalue weighted by molar-refractivity contribution is 6.21. The first-order valence-electron chi connectivity index (χ1n) is 5.82. The van der Waals surface area contributed by atoms with Crippen molar-refractivity contribution in [1.29, 1.82) is 0 Å². The molecule has 0 atom stereocenters. The van der Waals surface area contributed by atoms with E-state index < -0.39 is 0 Å². The molecule has 0 heterocycles. The molecule has 88 valence electrons. The smallest absolute Gasteiger partial charge is 0.161 e. The van der Waals surface area contributed by atoms with E-state index in [0.29, 0.717) is 0 Å². The van der Waals surface area contributed by atoms with Gasteiger partial charge < -0.3 is 9.47 Å². The predicted molar refractivity (Wildman–Crippen MR) is 65.5 cm³/mol. The lowest BCUT2D eigenvalue weighted by atomic mass is 9.95. The highest BCUT2D eigenvalue weighted by Gasteiger charge is 2.29. The molecule has 1 fully saturated rings. The Labute approximate surface area is 102 Å². The van der Waals surface area contributed by atoms with Crippen LogP contribution in [0.3, 0.4) is 0 Å². The van der Waals surface area contributed by atoms with Crippen LogP contribution in [0.15, 0.2) is 24.3 Å². The highest BCUT2D eigenvalue weighted by atomic mass is 35.5. The van der Waals surface area contributed by atoms with Crippen molar-refractivity contribution in [2.75, 3.05) is 6.61 Å². The van der Waals surface area contributed by atoms with Crippen molar-refractivity contribution in [2.24, 2.45) is 0 Å². The maximum absolute atomic E-state index is 5.92. The minimum atomic E-state index is 0.258. The number of ether oxygens (including phenoxy) is 2. The SMILES string of the molecule is CCCOc1ccccc1OC1CC(Cl)C1. The molecular formula is C13H17ClO2. The number of halogens is 1. The third-order valence-electron chi connectivity index (χ3n) is 2.64. The van der Waals surface area contributed by atoms with Crippen LogP contribution in [-0.2, 0) is 0 Å².